The topological polar surface area (TPSA) is 30.4 Å². The van der Waals surface area contributed by atoms with E-state index in [9.17, 15) is 0 Å². The van der Waals surface area contributed by atoms with E-state index >= 15 is 0 Å². The molecule has 0 N–H and O–H groups in total. The summed E-state index contributed by atoms with van der Waals surface area (Å²) < 4.78 is 6.95. The lowest BCUT2D eigenvalue weighted by Gasteiger charge is -1.90. The minimum absolute atomic E-state index is 0.537. The van der Waals surface area contributed by atoms with Crippen LogP contribution >= 0.6 is 0 Å². The summed E-state index contributed by atoms with van der Waals surface area (Å²) in [6.45, 7) is 0.959. The van der Waals surface area contributed by atoms with E-state index in [4.69, 9.17) is 4.74 Å². The van der Waals surface area contributed by atoms with Crippen LogP contribution in [-0.2, 0) is 18.2 Å². The third-order valence-electron chi connectivity index (χ3n) is 1.92. The van der Waals surface area contributed by atoms with E-state index in [1.807, 2.05) is 17.9 Å². The van der Waals surface area contributed by atoms with Gasteiger partial charge in [0.15, 0.2) is 0 Å². The first-order valence-corrected chi connectivity index (χ1v) is 3.94. The number of rotatable bonds is 3. The van der Waals surface area contributed by atoms with E-state index in [1.54, 1.807) is 0 Å². The molecule has 2 rings (SSSR count). The Morgan fingerprint density at radius 3 is 3.18 bits per heavy atom. The Morgan fingerprint density at radius 2 is 2.64 bits per heavy atom. The molecule has 3 nitrogen and oxygen atoms in total. The number of ether oxygens (including phenoxy) is 1. The standard InChI is InChI=1S/C8H12N2O/c1-10-5-7(4-9-10)2-3-8-6-11-8/h4-5,8H,2-3,6H2,1H3. The lowest BCUT2D eigenvalue weighted by atomic mass is 10.2. The molecule has 0 aliphatic carbocycles. The molecule has 0 radical (unpaired) electrons. The van der Waals surface area contributed by atoms with Crippen LogP contribution in [0.2, 0.25) is 0 Å². The number of hydrogen-bond acceptors (Lipinski definition) is 2. The van der Waals surface area contributed by atoms with Gasteiger partial charge in [-0.25, -0.2) is 0 Å². The highest BCUT2D eigenvalue weighted by Gasteiger charge is 2.21. The molecule has 0 spiro atoms. The quantitative estimate of drug-likeness (QED) is 0.598. The third-order valence-corrected chi connectivity index (χ3v) is 1.92. The van der Waals surface area contributed by atoms with Crippen molar-refractivity contribution in [1.29, 1.82) is 0 Å². The molecule has 1 aromatic heterocycles. The lowest BCUT2D eigenvalue weighted by Crippen LogP contribution is -1.89. The number of aryl methyl sites for hydroxylation is 2. The number of hydrogen-bond donors (Lipinski definition) is 0. The van der Waals surface area contributed by atoms with Gasteiger partial charge in [0.2, 0.25) is 0 Å². The molecule has 1 aliphatic rings. The predicted molar refractivity (Wildman–Crippen MR) is 41.3 cm³/mol. The fourth-order valence-corrected chi connectivity index (χ4v) is 1.16. The van der Waals surface area contributed by atoms with Gasteiger partial charge in [-0.05, 0) is 18.4 Å². The van der Waals surface area contributed by atoms with Gasteiger partial charge in [0, 0.05) is 13.2 Å². The second-order valence-corrected chi connectivity index (χ2v) is 3.02. The third kappa shape index (κ3) is 1.80. The molecule has 1 unspecified atom stereocenters. The molecule has 1 aromatic rings. The molecular weight excluding hydrogens is 140 g/mol. The average molecular weight is 152 g/mol. The van der Waals surface area contributed by atoms with Crippen molar-refractivity contribution in [3.63, 3.8) is 0 Å². The van der Waals surface area contributed by atoms with E-state index in [1.165, 1.54) is 5.56 Å². The maximum atomic E-state index is 5.11. The Morgan fingerprint density at radius 1 is 1.82 bits per heavy atom. The normalized spacial score (nSPS) is 22.1. The summed E-state index contributed by atoms with van der Waals surface area (Å²) in [5.74, 6) is 0. The Hall–Kier alpha value is -0.830. The van der Waals surface area contributed by atoms with Gasteiger partial charge >= 0.3 is 0 Å². The highest BCUT2D eigenvalue weighted by atomic mass is 16.6. The van der Waals surface area contributed by atoms with E-state index in [0.29, 0.717) is 6.10 Å². The summed E-state index contributed by atoms with van der Waals surface area (Å²) in [6, 6.07) is 0. The maximum Gasteiger partial charge on any atom is 0.0813 e. The van der Waals surface area contributed by atoms with Crippen LogP contribution in [0.25, 0.3) is 0 Å². The van der Waals surface area contributed by atoms with Gasteiger partial charge in [0.25, 0.3) is 0 Å². The first-order chi connectivity index (χ1) is 5.34. The van der Waals surface area contributed by atoms with Gasteiger partial charge < -0.3 is 4.74 Å². The number of nitrogens with zero attached hydrogens (tertiary/aromatic N) is 2. The van der Waals surface area contributed by atoms with Crippen molar-refractivity contribution in [1.82, 2.24) is 9.78 Å². The molecular formula is C8H12N2O. The Labute approximate surface area is 66.0 Å². The summed E-state index contributed by atoms with van der Waals surface area (Å²) in [4.78, 5) is 0. The second kappa shape index (κ2) is 2.66. The minimum Gasteiger partial charge on any atom is -0.373 e. The van der Waals surface area contributed by atoms with Crippen molar-refractivity contribution in [3.8, 4) is 0 Å². The van der Waals surface area contributed by atoms with E-state index in [0.717, 1.165) is 19.4 Å². The summed E-state index contributed by atoms with van der Waals surface area (Å²) >= 11 is 0. The smallest absolute Gasteiger partial charge is 0.0813 e. The van der Waals surface area contributed by atoms with Gasteiger partial charge in [-0.15, -0.1) is 0 Å². The zero-order valence-corrected chi connectivity index (χ0v) is 6.66. The van der Waals surface area contributed by atoms with E-state index < -0.39 is 0 Å². The lowest BCUT2D eigenvalue weighted by molar-refractivity contribution is 0.397. The van der Waals surface area contributed by atoms with Crippen molar-refractivity contribution in [2.24, 2.45) is 7.05 Å². The molecule has 1 atom stereocenters. The van der Waals surface area contributed by atoms with Crippen LogP contribution in [0.1, 0.15) is 12.0 Å². The molecule has 1 fully saturated rings. The summed E-state index contributed by atoms with van der Waals surface area (Å²) in [6.07, 6.45) is 6.75. The van der Waals surface area contributed by atoms with Crippen molar-refractivity contribution in [2.45, 2.75) is 18.9 Å². The highest BCUT2D eigenvalue weighted by Crippen LogP contribution is 2.16. The zero-order chi connectivity index (χ0) is 7.68. The van der Waals surface area contributed by atoms with E-state index in [-0.39, 0.29) is 0 Å². The average Bonchev–Trinajstić information content (AvgIpc) is 2.72. The highest BCUT2D eigenvalue weighted by molar-refractivity contribution is 5.04. The van der Waals surface area contributed by atoms with Crippen LogP contribution in [-0.4, -0.2) is 22.5 Å². The van der Waals surface area contributed by atoms with Crippen LogP contribution in [0.15, 0.2) is 12.4 Å². The largest absolute Gasteiger partial charge is 0.373 e. The Kier molecular flexibility index (Phi) is 1.66. The maximum absolute atomic E-state index is 5.11. The first-order valence-electron chi connectivity index (χ1n) is 3.94. The van der Waals surface area contributed by atoms with Crippen LogP contribution in [0.3, 0.4) is 0 Å². The molecule has 0 amide bonds. The van der Waals surface area contributed by atoms with Crippen molar-refractivity contribution >= 4 is 0 Å². The molecule has 1 saturated heterocycles. The Balaban J connectivity index is 1.85. The minimum atomic E-state index is 0.537. The summed E-state index contributed by atoms with van der Waals surface area (Å²) in [5.41, 5.74) is 1.31. The number of aromatic nitrogens is 2. The van der Waals surface area contributed by atoms with Crippen LogP contribution in [0.5, 0.6) is 0 Å². The summed E-state index contributed by atoms with van der Waals surface area (Å²) in [7, 11) is 1.94. The van der Waals surface area contributed by atoms with E-state index in [2.05, 4.69) is 11.3 Å². The van der Waals surface area contributed by atoms with Crippen LogP contribution in [0.4, 0.5) is 0 Å². The SMILES string of the molecule is Cn1cc(CCC2CO2)cn1. The molecule has 60 valence electrons. The molecule has 0 bridgehead atoms. The second-order valence-electron chi connectivity index (χ2n) is 3.02. The zero-order valence-electron chi connectivity index (χ0n) is 6.66. The predicted octanol–water partition coefficient (Wildman–Crippen LogP) is 0.751. The molecule has 0 aromatic carbocycles. The van der Waals surface area contributed by atoms with Crippen molar-refractivity contribution in [3.05, 3.63) is 18.0 Å². The van der Waals surface area contributed by atoms with Gasteiger partial charge in [-0.1, -0.05) is 0 Å². The van der Waals surface area contributed by atoms with Gasteiger partial charge in [-0.3, -0.25) is 4.68 Å². The first kappa shape index (κ1) is 6.85. The molecule has 11 heavy (non-hydrogen) atoms. The van der Waals surface area contributed by atoms with Crippen molar-refractivity contribution < 1.29 is 4.74 Å². The van der Waals surface area contributed by atoms with Crippen molar-refractivity contribution in [2.75, 3.05) is 6.61 Å². The fourth-order valence-electron chi connectivity index (χ4n) is 1.16. The van der Waals surface area contributed by atoms with Crippen LogP contribution in [0, 0.1) is 0 Å². The molecule has 3 heteroatoms. The summed E-state index contributed by atoms with van der Waals surface area (Å²) in [5, 5.41) is 4.09. The van der Waals surface area contributed by atoms with Gasteiger partial charge in [-0.2, -0.15) is 5.10 Å². The molecule has 1 aliphatic heterocycles. The number of epoxide rings is 1. The fraction of sp³-hybridized carbons (Fsp3) is 0.625. The molecule has 2 heterocycles. The monoisotopic (exact) mass is 152 g/mol. The Bertz CT molecular complexity index is 240. The van der Waals surface area contributed by atoms with Gasteiger partial charge in [0.1, 0.15) is 0 Å². The molecule has 0 saturated carbocycles. The van der Waals surface area contributed by atoms with Gasteiger partial charge in [0.05, 0.1) is 18.9 Å². The van der Waals surface area contributed by atoms with Crippen LogP contribution < -0.4 is 0 Å².